The number of hydrazine groups is 1. The molecule has 1 unspecified atom stereocenters. The van der Waals surface area contributed by atoms with Crippen molar-refractivity contribution in [2.45, 2.75) is 13.0 Å². The third-order valence-corrected chi connectivity index (χ3v) is 3.34. The Hall–Kier alpha value is -1.37. The van der Waals surface area contributed by atoms with Crippen molar-refractivity contribution >= 4 is 39.3 Å². The fraction of sp³-hybridized carbons (Fsp3) is 0.167. The third-order valence-electron chi connectivity index (χ3n) is 2.58. The van der Waals surface area contributed by atoms with Crippen LogP contribution < -0.4 is 16.6 Å². The molecule has 1 atom stereocenters. The van der Waals surface area contributed by atoms with Crippen LogP contribution in [0.1, 0.15) is 18.5 Å². The highest BCUT2D eigenvalue weighted by Crippen LogP contribution is 2.25. The average Bonchev–Trinajstić information content (AvgIpc) is 2.41. The number of anilines is 2. The molecule has 0 amide bonds. The quantitative estimate of drug-likeness (QED) is 0.587. The van der Waals surface area contributed by atoms with Crippen LogP contribution in [-0.2, 0) is 0 Å². The molecule has 0 aliphatic rings. The fourth-order valence-electron chi connectivity index (χ4n) is 1.60. The second-order valence-electron chi connectivity index (χ2n) is 3.96. The van der Waals surface area contributed by atoms with Gasteiger partial charge in [0.15, 0.2) is 5.82 Å². The van der Waals surface area contributed by atoms with Gasteiger partial charge in [0.2, 0.25) is 5.95 Å². The van der Waals surface area contributed by atoms with Crippen molar-refractivity contribution in [1.82, 2.24) is 9.97 Å². The zero-order chi connectivity index (χ0) is 13.8. The van der Waals surface area contributed by atoms with E-state index in [4.69, 9.17) is 17.4 Å². The second-order valence-corrected chi connectivity index (χ2v) is 5.28. The van der Waals surface area contributed by atoms with Gasteiger partial charge in [-0.3, -0.25) is 5.43 Å². The van der Waals surface area contributed by atoms with E-state index in [0.717, 1.165) is 10.0 Å². The molecule has 0 bridgehead atoms. The minimum atomic E-state index is 0.0514. The van der Waals surface area contributed by atoms with Gasteiger partial charge in [0.05, 0.1) is 12.2 Å². The highest BCUT2D eigenvalue weighted by atomic mass is 79.9. The van der Waals surface area contributed by atoms with Crippen LogP contribution in [0.2, 0.25) is 5.02 Å². The summed E-state index contributed by atoms with van der Waals surface area (Å²) in [4.78, 5) is 8.10. The monoisotopic (exact) mass is 341 g/mol. The Morgan fingerprint density at radius 1 is 1.42 bits per heavy atom. The summed E-state index contributed by atoms with van der Waals surface area (Å²) in [5.74, 6) is 6.13. The number of benzene rings is 1. The molecular weight excluding hydrogens is 330 g/mol. The van der Waals surface area contributed by atoms with E-state index in [1.165, 1.54) is 6.20 Å². The first-order valence-corrected chi connectivity index (χ1v) is 6.78. The molecule has 4 N–H and O–H groups in total. The summed E-state index contributed by atoms with van der Waals surface area (Å²) >= 11 is 9.50. The van der Waals surface area contributed by atoms with Crippen molar-refractivity contribution in [2.75, 3.05) is 10.7 Å². The third kappa shape index (κ3) is 3.56. The number of hydrogen-bond donors (Lipinski definition) is 3. The maximum atomic E-state index is 6.05. The molecular formula is C12H13BrClN5. The molecule has 1 heterocycles. The molecule has 0 fully saturated rings. The van der Waals surface area contributed by atoms with Gasteiger partial charge >= 0.3 is 0 Å². The van der Waals surface area contributed by atoms with Gasteiger partial charge in [0.25, 0.3) is 0 Å². The Bertz CT molecular complexity index is 578. The zero-order valence-corrected chi connectivity index (χ0v) is 12.5. The number of nitrogens with one attached hydrogen (secondary N) is 2. The molecule has 0 aliphatic carbocycles. The lowest BCUT2D eigenvalue weighted by molar-refractivity contribution is 0.871. The van der Waals surface area contributed by atoms with Gasteiger partial charge in [-0.25, -0.2) is 10.8 Å². The van der Waals surface area contributed by atoms with Gasteiger partial charge in [-0.05, 0) is 24.6 Å². The first-order chi connectivity index (χ1) is 9.10. The number of rotatable bonds is 4. The summed E-state index contributed by atoms with van der Waals surface area (Å²) in [5, 5.41) is 3.67. The number of aromatic nitrogens is 2. The van der Waals surface area contributed by atoms with E-state index in [2.05, 4.69) is 36.6 Å². The first kappa shape index (κ1) is 14.0. The van der Waals surface area contributed by atoms with Gasteiger partial charge in [-0.1, -0.05) is 39.7 Å². The van der Waals surface area contributed by atoms with Crippen LogP contribution in [0.25, 0.3) is 0 Å². The Morgan fingerprint density at radius 3 is 2.89 bits per heavy atom. The van der Waals surface area contributed by atoms with Crippen LogP contribution in [-0.4, -0.2) is 9.97 Å². The van der Waals surface area contributed by atoms with Crippen molar-refractivity contribution in [1.29, 1.82) is 0 Å². The van der Waals surface area contributed by atoms with Crippen molar-refractivity contribution in [2.24, 2.45) is 5.84 Å². The van der Waals surface area contributed by atoms with Crippen LogP contribution in [0.3, 0.4) is 0 Å². The van der Waals surface area contributed by atoms with Crippen LogP contribution in [0.15, 0.2) is 34.9 Å². The number of nitrogens with two attached hydrogens (primary N) is 1. The smallest absolute Gasteiger partial charge is 0.239 e. The van der Waals surface area contributed by atoms with Crippen LogP contribution in [0.4, 0.5) is 11.8 Å². The average molecular weight is 343 g/mol. The zero-order valence-electron chi connectivity index (χ0n) is 10.2. The number of nitrogens with zero attached hydrogens (tertiary/aromatic N) is 2. The van der Waals surface area contributed by atoms with E-state index >= 15 is 0 Å². The van der Waals surface area contributed by atoms with E-state index in [0.29, 0.717) is 16.8 Å². The lowest BCUT2D eigenvalue weighted by Gasteiger charge is -2.16. The Kier molecular flexibility index (Phi) is 4.57. The molecule has 2 aromatic rings. The number of hydrogen-bond acceptors (Lipinski definition) is 5. The summed E-state index contributed by atoms with van der Waals surface area (Å²) in [6.07, 6.45) is 1.50. The molecule has 19 heavy (non-hydrogen) atoms. The highest BCUT2D eigenvalue weighted by molar-refractivity contribution is 9.10. The molecule has 7 heteroatoms. The van der Waals surface area contributed by atoms with Crippen molar-refractivity contribution in [3.63, 3.8) is 0 Å². The largest absolute Gasteiger partial charge is 0.362 e. The Morgan fingerprint density at radius 2 is 2.21 bits per heavy atom. The lowest BCUT2D eigenvalue weighted by atomic mass is 10.1. The SMILES string of the molecule is CC(Nc1nc(NN)ncc1Cl)c1cccc(Br)c1. The van der Waals surface area contributed by atoms with Gasteiger partial charge in [0, 0.05) is 4.47 Å². The van der Waals surface area contributed by atoms with Crippen LogP contribution in [0.5, 0.6) is 0 Å². The molecule has 0 spiro atoms. The predicted molar refractivity (Wildman–Crippen MR) is 81.0 cm³/mol. The van der Waals surface area contributed by atoms with Gasteiger partial charge in [-0.15, -0.1) is 0 Å². The van der Waals surface area contributed by atoms with Crippen LogP contribution >= 0.6 is 27.5 Å². The molecule has 0 saturated heterocycles. The van der Waals surface area contributed by atoms with Gasteiger partial charge < -0.3 is 5.32 Å². The molecule has 0 aliphatic heterocycles. The summed E-state index contributed by atoms with van der Waals surface area (Å²) in [6.45, 7) is 2.02. The minimum absolute atomic E-state index is 0.0514. The number of nitrogen functional groups attached to an aromatic ring is 1. The number of halogens is 2. The predicted octanol–water partition coefficient (Wildman–Crippen LogP) is 3.35. The standard InChI is InChI=1S/C12H13BrClN5/c1-7(8-3-2-4-9(13)5-8)17-11-10(14)6-16-12(18-11)19-15/h2-7H,15H2,1H3,(H2,16,17,18,19). The minimum Gasteiger partial charge on any atom is -0.362 e. The molecule has 1 aromatic carbocycles. The fourth-order valence-corrected chi connectivity index (χ4v) is 2.16. The Balaban J connectivity index is 2.21. The summed E-state index contributed by atoms with van der Waals surface area (Å²) < 4.78 is 1.02. The van der Waals surface area contributed by atoms with E-state index in [-0.39, 0.29) is 6.04 Å². The molecule has 0 saturated carbocycles. The normalized spacial score (nSPS) is 12.0. The van der Waals surface area contributed by atoms with Gasteiger partial charge in [-0.2, -0.15) is 4.98 Å². The highest BCUT2D eigenvalue weighted by Gasteiger charge is 2.10. The molecule has 0 radical (unpaired) electrons. The second kappa shape index (κ2) is 6.18. The molecule has 5 nitrogen and oxygen atoms in total. The lowest BCUT2D eigenvalue weighted by Crippen LogP contribution is -2.13. The Labute approximate surface area is 124 Å². The molecule has 2 rings (SSSR count). The summed E-state index contributed by atoms with van der Waals surface area (Å²) in [7, 11) is 0. The summed E-state index contributed by atoms with van der Waals surface area (Å²) in [5.41, 5.74) is 3.51. The maximum absolute atomic E-state index is 6.05. The van der Waals surface area contributed by atoms with Crippen molar-refractivity contribution in [3.8, 4) is 0 Å². The summed E-state index contributed by atoms with van der Waals surface area (Å²) in [6, 6.07) is 8.07. The molecule has 100 valence electrons. The van der Waals surface area contributed by atoms with Crippen molar-refractivity contribution < 1.29 is 0 Å². The molecule has 1 aromatic heterocycles. The van der Waals surface area contributed by atoms with E-state index in [9.17, 15) is 0 Å². The maximum Gasteiger partial charge on any atom is 0.239 e. The first-order valence-electron chi connectivity index (χ1n) is 5.61. The topological polar surface area (TPSA) is 75.9 Å². The van der Waals surface area contributed by atoms with Gasteiger partial charge in [0.1, 0.15) is 5.02 Å². The van der Waals surface area contributed by atoms with E-state index in [1.807, 2.05) is 31.2 Å². The van der Waals surface area contributed by atoms with Crippen molar-refractivity contribution in [3.05, 3.63) is 45.5 Å². The van der Waals surface area contributed by atoms with Crippen LogP contribution in [0, 0.1) is 0 Å². The van der Waals surface area contributed by atoms with E-state index in [1.54, 1.807) is 0 Å². The van der Waals surface area contributed by atoms with E-state index < -0.39 is 0 Å².